The van der Waals surface area contributed by atoms with Gasteiger partial charge in [0.2, 0.25) is 0 Å². The van der Waals surface area contributed by atoms with Crippen molar-refractivity contribution in [2.75, 3.05) is 0 Å². The van der Waals surface area contributed by atoms with Crippen molar-refractivity contribution < 1.29 is 36.9 Å². The summed E-state index contributed by atoms with van der Waals surface area (Å²) < 4.78 is 64.8. The zero-order chi connectivity index (χ0) is 28.4. The number of aryl methyl sites for hydroxylation is 1. The fourth-order valence-corrected chi connectivity index (χ4v) is 5.16. The van der Waals surface area contributed by atoms with Crippen LogP contribution in [0.3, 0.4) is 0 Å². The Labute approximate surface area is 227 Å². The maximum absolute atomic E-state index is 15.4. The quantitative estimate of drug-likeness (QED) is 0.241. The molecule has 1 aliphatic carbocycles. The summed E-state index contributed by atoms with van der Waals surface area (Å²) in [6.07, 6.45) is -0.479. The molecule has 2 aromatic carbocycles. The molecule has 210 valence electrons. The maximum Gasteiger partial charge on any atom is 0.573 e. The van der Waals surface area contributed by atoms with Gasteiger partial charge >= 0.3 is 12.3 Å². The predicted octanol–water partition coefficient (Wildman–Crippen LogP) is 6.76. The minimum absolute atomic E-state index is 0.0718. The van der Waals surface area contributed by atoms with E-state index in [9.17, 15) is 23.1 Å². The zero-order valence-corrected chi connectivity index (χ0v) is 21.6. The Morgan fingerprint density at radius 2 is 1.82 bits per heavy atom. The molecule has 5 rings (SSSR count). The summed E-state index contributed by atoms with van der Waals surface area (Å²) >= 11 is 0. The molecule has 0 amide bonds. The number of hydrogen-bond donors (Lipinski definition) is 1. The van der Waals surface area contributed by atoms with Gasteiger partial charge in [-0.05, 0) is 49.1 Å². The Hall–Kier alpha value is -4.15. The molecule has 1 fully saturated rings. The van der Waals surface area contributed by atoms with Crippen LogP contribution in [0.2, 0.25) is 0 Å². The Kier molecular flexibility index (Phi) is 7.64. The topological polar surface area (TPSA) is 86.5 Å². The number of ether oxygens (including phenoxy) is 2. The first-order chi connectivity index (χ1) is 19.1. The smallest absolute Gasteiger partial charge is 0.487 e. The van der Waals surface area contributed by atoms with Crippen molar-refractivity contribution in [3.63, 3.8) is 0 Å². The van der Waals surface area contributed by atoms with Gasteiger partial charge in [0.05, 0.1) is 17.1 Å². The van der Waals surface area contributed by atoms with Gasteiger partial charge in [-0.2, -0.15) is 0 Å². The molecule has 0 radical (unpaired) electrons. The van der Waals surface area contributed by atoms with Gasteiger partial charge in [-0.3, -0.25) is 9.78 Å². The molecule has 0 saturated heterocycles. The SMILES string of the molecule is Cc1ccc(COc2cc(F)c3nc(C4CCCCC4C(=O)O)n(Cc4ccc(OC(F)(F)F)cc4)c3c2)nc1. The van der Waals surface area contributed by atoms with E-state index in [1.165, 1.54) is 30.3 Å². The van der Waals surface area contributed by atoms with Crippen LogP contribution in [0.5, 0.6) is 11.5 Å². The lowest BCUT2D eigenvalue weighted by Crippen LogP contribution is -2.27. The number of aromatic nitrogens is 3. The number of nitrogens with zero attached hydrogens (tertiary/aromatic N) is 3. The van der Waals surface area contributed by atoms with Crippen molar-refractivity contribution in [2.45, 2.75) is 58.0 Å². The average molecular weight is 558 g/mol. The normalized spacial score (nSPS) is 17.6. The van der Waals surface area contributed by atoms with E-state index < -0.39 is 30.0 Å². The predicted molar refractivity (Wildman–Crippen MR) is 138 cm³/mol. The van der Waals surface area contributed by atoms with E-state index in [0.29, 0.717) is 35.4 Å². The number of carbonyl (C=O) groups is 1. The zero-order valence-electron chi connectivity index (χ0n) is 21.6. The number of imidazole rings is 1. The van der Waals surface area contributed by atoms with Crippen LogP contribution in [0, 0.1) is 18.7 Å². The molecule has 1 aliphatic rings. The number of fused-ring (bicyclic) bond motifs is 1. The number of alkyl halides is 3. The number of carboxylic acids is 1. The number of rotatable bonds is 8. The number of benzene rings is 2. The highest BCUT2D eigenvalue weighted by atomic mass is 19.4. The van der Waals surface area contributed by atoms with Crippen LogP contribution in [-0.2, 0) is 17.9 Å². The first-order valence-corrected chi connectivity index (χ1v) is 12.9. The maximum atomic E-state index is 15.4. The molecular weight excluding hydrogens is 530 g/mol. The van der Waals surface area contributed by atoms with Crippen LogP contribution in [0.1, 0.15) is 54.2 Å². The molecule has 7 nitrogen and oxygen atoms in total. The van der Waals surface area contributed by atoms with Crippen LogP contribution in [0.25, 0.3) is 11.0 Å². The van der Waals surface area contributed by atoms with Crippen LogP contribution in [-0.4, -0.2) is 32.0 Å². The van der Waals surface area contributed by atoms with E-state index in [0.717, 1.165) is 18.4 Å². The van der Waals surface area contributed by atoms with Crippen molar-refractivity contribution in [3.8, 4) is 11.5 Å². The van der Waals surface area contributed by atoms with Gasteiger partial charge in [-0.1, -0.05) is 31.0 Å². The summed E-state index contributed by atoms with van der Waals surface area (Å²) in [5.74, 6) is -2.39. The molecular formula is C29H27F4N3O4. The summed E-state index contributed by atoms with van der Waals surface area (Å²) in [7, 11) is 0. The van der Waals surface area contributed by atoms with Gasteiger partial charge in [-0.25, -0.2) is 9.37 Å². The Morgan fingerprint density at radius 1 is 1.07 bits per heavy atom. The van der Waals surface area contributed by atoms with Gasteiger partial charge in [0, 0.05) is 30.8 Å². The lowest BCUT2D eigenvalue weighted by Gasteiger charge is -2.28. The second-order valence-electron chi connectivity index (χ2n) is 9.97. The Bertz CT molecular complexity index is 1500. The highest BCUT2D eigenvalue weighted by molar-refractivity contribution is 5.79. The molecule has 1 N–H and O–H groups in total. The summed E-state index contributed by atoms with van der Waals surface area (Å²) in [5.41, 5.74) is 2.73. The van der Waals surface area contributed by atoms with E-state index in [-0.39, 0.29) is 30.2 Å². The van der Waals surface area contributed by atoms with Crippen LogP contribution >= 0.6 is 0 Å². The third-order valence-electron chi connectivity index (χ3n) is 7.08. The molecule has 0 aliphatic heterocycles. The van der Waals surface area contributed by atoms with Gasteiger partial charge < -0.3 is 19.1 Å². The third kappa shape index (κ3) is 6.19. The van der Waals surface area contributed by atoms with Crippen LogP contribution in [0.15, 0.2) is 54.7 Å². The molecule has 2 heterocycles. The first-order valence-electron chi connectivity index (χ1n) is 12.9. The monoisotopic (exact) mass is 557 g/mol. The number of hydrogen-bond acceptors (Lipinski definition) is 5. The van der Waals surface area contributed by atoms with Crippen molar-refractivity contribution in [2.24, 2.45) is 5.92 Å². The highest BCUT2D eigenvalue weighted by Gasteiger charge is 2.36. The first kappa shape index (κ1) is 27.4. The minimum Gasteiger partial charge on any atom is -0.487 e. The molecule has 2 aromatic heterocycles. The minimum atomic E-state index is -4.82. The molecule has 0 bridgehead atoms. The molecule has 40 heavy (non-hydrogen) atoms. The number of carboxylic acid groups (broad SMARTS) is 1. The molecule has 11 heteroatoms. The van der Waals surface area contributed by atoms with E-state index in [4.69, 9.17) is 4.74 Å². The second kappa shape index (κ2) is 11.1. The molecule has 4 aromatic rings. The summed E-state index contributed by atoms with van der Waals surface area (Å²) in [6, 6.07) is 11.9. The summed E-state index contributed by atoms with van der Waals surface area (Å²) in [5, 5.41) is 9.90. The fraction of sp³-hybridized carbons (Fsp3) is 0.345. The molecule has 0 spiro atoms. The molecule has 2 atom stereocenters. The van der Waals surface area contributed by atoms with E-state index >= 15 is 4.39 Å². The van der Waals surface area contributed by atoms with Gasteiger partial charge in [-0.15, -0.1) is 13.2 Å². The summed E-state index contributed by atoms with van der Waals surface area (Å²) in [4.78, 5) is 21.0. The van der Waals surface area contributed by atoms with Crippen molar-refractivity contribution in [1.29, 1.82) is 0 Å². The highest BCUT2D eigenvalue weighted by Crippen LogP contribution is 2.40. The van der Waals surface area contributed by atoms with Crippen molar-refractivity contribution in [3.05, 3.63) is 83.2 Å². The largest absolute Gasteiger partial charge is 0.573 e. The van der Waals surface area contributed by atoms with E-state index in [1.807, 2.05) is 19.1 Å². The Morgan fingerprint density at radius 3 is 2.50 bits per heavy atom. The molecule has 1 saturated carbocycles. The number of aliphatic carboxylic acids is 1. The average Bonchev–Trinajstić information content (AvgIpc) is 3.27. The fourth-order valence-electron chi connectivity index (χ4n) is 5.16. The van der Waals surface area contributed by atoms with Gasteiger partial charge in [0.15, 0.2) is 5.82 Å². The lowest BCUT2D eigenvalue weighted by atomic mass is 9.78. The van der Waals surface area contributed by atoms with Crippen molar-refractivity contribution >= 4 is 17.0 Å². The van der Waals surface area contributed by atoms with Crippen LogP contribution in [0.4, 0.5) is 17.6 Å². The van der Waals surface area contributed by atoms with Crippen molar-refractivity contribution in [1.82, 2.24) is 14.5 Å². The van der Waals surface area contributed by atoms with E-state index in [1.54, 1.807) is 16.8 Å². The van der Waals surface area contributed by atoms with Gasteiger partial charge in [0.1, 0.15) is 29.4 Å². The lowest BCUT2D eigenvalue weighted by molar-refractivity contribution is -0.274. The van der Waals surface area contributed by atoms with Gasteiger partial charge in [0.25, 0.3) is 0 Å². The standard InChI is InChI=1S/C29H27F4N3O4/c1-17-6-9-19(34-14-17)16-39-21-12-24(30)26-25(13-21)36(15-18-7-10-20(11-8-18)40-29(31,32)33)27(35-26)22-4-2-3-5-23(22)28(37)38/h6-14,22-23H,2-5,15-16H2,1H3,(H,37,38). The number of pyridine rings is 1. The molecule has 2 unspecified atom stereocenters. The summed E-state index contributed by atoms with van der Waals surface area (Å²) in [6.45, 7) is 2.15. The van der Waals surface area contributed by atoms with E-state index in [2.05, 4.69) is 14.7 Å². The Balaban J connectivity index is 1.53. The second-order valence-corrected chi connectivity index (χ2v) is 9.97. The third-order valence-corrected chi connectivity index (χ3v) is 7.08. The number of halogens is 4. The van der Waals surface area contributed by atoms with Crippen LogP contribution < -0.4 is 9.47 Å².